The number of halogens is 2. The first kappa shape index (κ1) is 26.0. The summed E-state index contributed by atoms with van der Waals surface area (Å²) in [6.45, 7) is 6.52. The van der Waals surface area contributed by atoms with Gasteiger partial charge >= 0.3 is 0 Å². The van der Waals surface area contributed by atoms with Crippen molar-refractivity contribution in [2.24, 2.45) is 11.8 Å². The average molecular weight is 420 g/mol. The highest BCUT2D eigenvalue weighted by atomic mass is 35.5. The van der Waals surface area contributed by atoms with Crippen LogP contribution >= 0.6 is 24.8 Å². The number of ether oxygens (including phenoxy) is 1. The van der Waals surface area contributed by atoms with E-state index in [-0.39, 0.29) is 30.7 Å². The first-order valence-electron chi connectivity index (χ1n) is 9.38. The molecule has 2 N–H and O–H groups in total. The number of hydrogen-bond donors (Lipinski definition) is 2. The molecule has 156 valence electrons. The molecule has 2 rings (SSSR count). The van der Waals surface area contributed by atoms with Gasteiger partial charge in [-0.15, -0.1) is 24.8 Å². The molecule has 1 atom stereocenters. The third-order valence-corrected chi connectivity index (χ3v) is 4.92. The SMILES string of the molecule is CC(CC(=O)NCc1ccc(OCCN(C)C)cc1)C1CCNCC1.Cl.Cl. The lowest BCUT2D eigenvalue weighted by Crippen LogP contribution is -2.33. The Morgan fingerprint density at radius 3 is 2.44 bits per heavy atom. The lowest BCUT2D eigenvalue weighted by atomic mass is 9.84. The van der Waals surface area contributed by atoms with Crippen molar-refractivity contribution in [3.05, 3.63) is 29.8 Å². The van der Waals surface area contributed by atoms with E-state index >= 15 is 0 Å². The van der Waals surface area contributed by atoms with Crippen molar-refractivity contribution in [2.75, 3.05) is 40.3 Å². The molecule has 1 fully saturated rings. The molecule has 0 aromatic heterocycles. The minimum absolute atomic E-state index is 0. The summed E-state index contributed by atoms with van der Waals surface area (Å²) in [6.07, 6.45) is 2.99. The van der Waals surface area contributed by atoms with Crippen LogP contribution in [0.1, 0.15) is 31.7 Å². The van der Waals surface area contributed by atoms with Crippen LogP contribution in [0.25, 0.3) is 0 Å². The van der Waals surface area contributed by atoms with Crippen LogP contribution in [0.4, 0.5) is 0 Å². The van der Waals surface area contributed by atoms with Gasteiger partial charge < -0.3 is 20.3 Å². The van der Waals surface area contributed by atoms with Crippen molar-refractivity contribution >= 4 is 30.7 Å². The van der Waals surface area contributed by atoms with E-state index in [2.05, 4.69) is 22.5 Å². The number of hydrogen-bond acceptors (Lipinski definition) is 4. The molecule has 1 heterocycles. The average Bonchev–Trinajstić information content (AvgIpc) is 2.61. The normalized spacial score (nSPS) is 15.4. The second kappa shape index (κ2) is 14.1. The Balaban J connectivity index is 0.00000338. The molecule has 0 bridgehead atoms. The van der Waals surface area contributed by atoms with Gasteiger partial charge in [0.05, 0.1) is 0 Å². The number of piperidine rings is 1. The number of nitrogens with zero attached hydrogens (tertiary/aromatic N) is 1. The summed E-state index contributed by atoms with van der Waals surface area (Å²) < 4.78 is 5.68. The quantitative estimate of drug-likeness (QED) is 0.645. The Bertz CT molecular complexity index is 520. The van der Waals surface area contributed by atoms with E-state index in [0.29, 0.717) is 31.4 Å². The summed E-state index contributed by atoms with van der Waals surface area (Å²) in [5.74, 6) is 2.15. The summed E-state index contributed by atoms with van der Waals surface area (Å²) in [4.78, 5) is 14.3. The van der Waals surface area contributed by atoms with Crippen LogP contribution in [-0.2, 0) is 11.3 Å². The number of benzene rings is 1. The van der Waals surface area contributed by atoms with E-state index < -0.39 is 0 Å². The molecule has 1 aromatic rings. The smallest absolute Gasteiger partial charge is 0.220 e. The fourth-order valence-electron chi connectivity index (χ4n) is 3.19. The Morgan fingerprint density at radius 1 is 1.22 bits per heavy atom. The Hall–Kier alpha value is -1.01. The summed E-state index contributed by atoms with van der Waals surface area (Å²) in [5.41, 5.74) is 1.10. The third kappa shape index (κ3) is 10.2. The van der Waals surface area contributed by atoms with Crippen LogP contribution in [0.3, 0.4) is 0 Å². The second-order valence-electron chi connectivity index (χ2n) is 7.34. The largest absolute Gasteiger partial charge is 0.492 e. The van der Waals surface area contributed by atoms with Crippen molar-refractivity contribution < 1.29 is 9.53 Å². The second-order valence-corrected chi connectivity index (χ2v) is 7.34. The van der Waals surface area contributed by atoms with E-state index in [1.54, 1.807) is 0 Å². The van der Waals surface area contributed by atoms with Gasteiger partial charge in [-0.05, 0) is 69.6 Å². The van der Waals surface area contributed by atoms with Crippen LogP contribution in [-0.4, -0.2) is 51.1 Å². The molecule has 27 heavy (non-hydrogen) atoms. The Labute approximate surface area is 176 Å². The number of amides is 1. The van der Waals surface area contributed by atoms with E-state index in [1.807, 2.05) is 38.4 Å². The molecule has 0 saturated carbocycles. The summed E-state index contributed by atoms with van der Waals surface area (Å²) in [5, 5.41) is 6.42. The first-order chi connectivity index (χ1) is 12.0. The van der Waals surface area contributed by atoms with Crippen LogP contribution < -0.4 is 15.4 Å². The van der Waals surface area contributed by atoms with Gasteiger partial charge in [-0.25, -0.2) is 0 Å². The van der Waals surface area contributed by atoms with Crippen molar-refractivity contribution in [2.45, 2.75) is 32.7 Å². The van der Waals surface area contributed by atoms with Gasteiger partial charge in [0, 0.05) is 19.5 Å². The monoisotopic (exact) mass is 419 g/mol. The zero-order valence-corrected chi connectivity index (χ0v) is 18.3. The molecular weight excluding hydrogens is 385 g/mol. The van der Waals surface area contributed by atoms with Crippen molar-refractivity contribution in [3.63, 3.8) is 0 Å². The predicted molar refractivity (Wildman–Crippen MR) is 116 cm³/mol. The molecule has 0 spiro atoms. The van der Waals surface area contributed by atoms with Gasteiger partial charge in [0.25, 0.3) is 0 Å². The maximum Gasteiger partial charge on any atom is 0.220 e. The topological polar surface area (TPSA) is 53.6 Å². The minimum atomic E-state index is 0. The van der Waals surface area contributed by atoms with E-state index in [0.717, 1.165) is 30.9 Å². The third-order valence-electron chi connectivity index (χ3n) is 4.92. The van der Waals surface area contributed by atoms with Crippen molar-refractivity contribution in [1.82, 2.24) is 15.5 Å². The minimum Gasteiger partial charge on any atom is -0.492 e. The van der Waals surface area contributed by atoms with E-state index in [1.165, 1.54) is 12.8 Å². The highest BCUT2D eigenvalue weighted by molar-refractivity contribution is 5.85. The van der Waals surface area contributed by atoms with Gasteiger partial charge in [0.2, 0.25) is 5.91 Å². The van der Waals surface area contributed by atoms with Crippen LogP contribution in [0.5, 0.6) is 5.75 Å². The van der Waals surface area contributed by atoms with E-state index in [4.69, 9.17) is 4.74 Å². The zero-order chi connectivity index (χ0) is 18.1. The number of nitrogens with one attached hydrogen (secondary N) is 2. The van der Waals surface area contributed by atoms with Crippen LogP contribution in [0.2, 0.25) is 0 Å². The summed E-state index contributed by atoms with van der Waals surface area (Å²) in [7, 11) is 4.06. The fraction of sp³-hybridized carbons (Fsp3) is 0.650. The lowest BCUT2D eigenvalue weighted by Gasteiger charge is -2.27. The molecule has 1 aliphatic rings. The Kier molecular flexibility index (Phi) is 13.5. The lowest BCUT2D eigenvalue weighted by molar-refractivity contribution is -0.122. The summed E-state index contributed by atoms with van der Waals surface area (Å²) in [6, 6.07) is 7.96. The number of likely N-dealkylation sites (N-methyl/N-ethyl adjacent to an activating group) is 1. The summed E-state index contributed by atoms with van der Waals surface area (Å²) >= 11 is 0. The molecular formula is C20H35Cl2N3O2. The molecule has 5 nitrogen and oxygen atoms in total. The van der Waals surface area contributed by atoms with Gasteiger partial charge in [0.15, 0.2) is 0 Å². The van der Waals surface area contributed by atoms with Gasteiger partial charge in [-0.2, -0.15) is 0 Å². The predicted octanol–water partition coefficient (Wildman–Crippen LogP) is 3.11. The highest BCUT2D eigenvalue weighted by Crippen LogP contribution is 2.24. The molecule has 1 aliphatic heterocycles. The van der Waals surface area contributed by atoms with Gasteiger partial charge in [0.1, 0.15) is 12.4 Å². The maximum absolute atomic E-state index is 12.2. The van der Waals surface area contributed by atoms with Crippen molar-refractivity contribution in [1.29, 1.82) is 0 Å². The molecule has 0 aliphatic carbocycles. The molecule has 1 unspecified atom stereocenters. The molecule has 7 heteroatoms. The van der Waals surface area contributed by atoms with Crippen LogP contribution in [0, 0.1) is 11.8 Å². The zero-order valence-electron chi connectivity index (χ0n) is 16.7. The Morgan fingerprint density at radius 2 is 1.85 bits per heavy atom. The molecule has 1 amide bonds. The standard InChI is InChI=1S/C20H33N3O2.2ClH/c1-16(18-8-10-21-11-9-18)14-20(24)22-15-17-4-6-19(7-5-17)25-13-12-23(2)3;;/h4-7,16,18,21H,8-15H2,1-3H3,(H,22,24);2*1H. The van der Waals surface area contributed by atoms with Gasteiger partial charge in [-0.1, -0.05) is 19.1 Å². The molecule has 0 radical (unpaired) electrons. The molecule has 1 saturated heterocycles. The number of carbonyl (C=O) groups is 1. The van der Waals surface area contributed by atoms with Crippen molar-refractivity contribution in [3.8, 4) is 5.75 Å². The van der Waals surface area contributed by atoms with Crippen LogP contribution in [0.15, 0.2) is 24.3 Å². The maximum atomic E-state index is 12.2. The first-order valence-corrected chi connectivity index (χ1v) is 9.38. The number of carbonyl (C=O) groups excluding carboxylic acids is 1. The van der Waals surface area contributed by atoms with Gasteiger partial charge in [-0.3, -0.25) is 4.79 Å². The highest BCUT2D eigenvalue weighted by Gasteiger charge is 2.21. The molecule has 1 aromatic carbocycles. The number of rotatable bonds is 9. The van der Waals surface area contributed by atoms with E-state index in [9.17, 15) is 4.79 Å². The fourth-order valence-corrected chi connectivity index (χ4v) is 3.19.